The predicted octanol–water partition coefficient (Wildman–Crippen LogP) is 2.01. The van der Waals surface area contributed by atoms with Crippen LogP contribution >= 0.6 is 11.3 Å². The largest absolute Gasteiger partial charge is 0.325 e. The summed E-state index contributed by atoms with van der Waals surface area (Å²) in [6, 6.07) is 2.81. The highest BCUT2D eigenvalue weighted by atomic mass is 32.1. The summed E-state index contributed by atoms with van der Waals surface area (Å²) < 4.78 is 26.3. The van der Waals surface area contributed by atoms with Crippen LogP contribution in [-0.2, 0) is 4.79 Å². The maximum atomic E-state index is 13.3. The molecule has 1 N–H and O–H groups in total. The highest BCUT2D eigenvalue weighted by molar-refractivity contribution is 7.15. The summed E-state index contributed by atoms with van der Waals surface area (Å²) in [5, 5.41) is 11.2. The Hall–Kier alpha value is -2.62. The van der Waals surface area contributed by atoms with Gasteiger partial charge in [0.15, 0.2) is 11.6 Å². The third-order valence-electron chi connectivity index (χ3n) is 3.42. The van der Waals surface area contributed by atoms with E-state index in [4.69, 9.17) is 0 Å². The lowest BCUT2D eigenvalue weighted by molar-refractivity contribution is -0.116. The minimum atomic E-state index is -1.02. The van der Waals surface area contributed by atoms with Gasteiger partial charge in [0, 0.05) is 24.8 Å². The molecule has 3 amide bonds. The Bertz CT molecular complexity index is 797. The fourth-order valence-corrected chi connectivity index (χ4v) is 2.91. The van der Waals surface area contributed by atoms with Gasteiger partial charge in [-0.1, -0.05) is 11.3 Å². The second kappa shape index (κ2) is 6.48. The number of benzene rings is 1. The lowest BCUT2D eigenvalue weighted by atomic mass is 10.3. The van der Waals surface area contributed by atoms with Crippen LogP contribution in [0.4, 0.5) is 24.4 Å². The first-order chi connectivity index (χ1) is 11.4. The van der Waals surface area contributed by atoms with Crippen molar-refractivity contribution in [3.05, 3.63) is 34.8 Å². The van der Waals surface area contributed by atoms with Crippen molar-refractivity contribution >= 4 is 34.1 Å². The number of nitrogens with one attached hydrogen (secondary N) is 1. The van der Waals surface area contributed by atoms with Gasteiger partial charge in [-0.2, -0.15) is 0 Å². The van der Waals surface area contributed by atoms with Crippen molar-refractivity contribution in [3.63, 3.8) is 0 Å². The lowest BCUT2D eigenvalue weighted by Crippen LogP contribution is -2.37. The molecule has 1 aliphatic rings. The molecule has 0 spiro atoms. The molecule has 2 heterocycles. The van der Waals surface area contributed by atoms with Gasteiger partial charge in [-0.05, 0) is 19.1 Å². The summed E-state index contributed by atoms with van der Waals surface area (Å²) in [5.74, 6) is -2.40. The van der Waals surface area contributed by atoms with Gasteiger partial charge in [-0.25, -0.2) is 13.6 Å². The number of nitrogens with zero attached hydrogens (tertiary/aromatic N) is 4. The Morgan fingerprint density at radius 1 is 1.29 bits per heavy atom. The van der Waals surface area contributed by atoms with Crippen molar-refractivity contribution in [1.82, 2.24) is 15.1 Å². The zero-order valence-corrected chi connectivity index (χ0v) is 13.4. The van der Waals surface area contributed by atoms with Crippen LogP contribution < -0.4 is 10.2 Å². The van der Waals surface area contributed by atoms with Crippen molar-refractivity contribution in [3.8, 4) is 0 Å². The summed E-state index contributed by atoms with van der Waals surface area (Å²) >= 11 is 1.23. The minimum absolute atomic E-state index is 0.155. The van der Waals surface area contributed by atoms with Crippen LogP contribution in [0.25, 0.3) is 0 Å². The minimum Gasteiger partial charge on any atom is -0.313 e. The van der Waals surface area contributed by atoms with Crippen LogP contribution in [0.3, 0.4) is 0 Å². The van der Waals surface area contributed by atoms with Crippen LogP contribution in [0.1, 0.15) is 5.01 Å². The maximum absolute atomic E-state index is 13.3. The second-order valence-corrected chi connectivity index (χ2v) is 6.31. The van der Waals surface area contributed by atoms with E-state index in [-0.39, 0.29) is 18.8 Å². The molecule has 2 aromatic rings. The predicted molar refractivity (Wildman–Crippen MR) is 83.9 cm³/mol. The van der Waals surface area contributed by atoms with Crippen LogP contribution in [0.5, 0.6) is 0 Å². The van der Waals surface area contributed by atoms with Gasteiger partial charge in [0.05, 0.1) is 0 Å². The molecule has 0 radical (unpaired) electrons. The third kappa shape index (κ3) is 3.32. The number of carbonyl (C=O) groups excluding carboxylic acids is 2. The van der Waals surface area contributed by atoms with Crippen LogP contribution in [-0.4, -0.2) is 46.7 Å². The first kappa shape index (κ1) is 16.2. The normalized spacial score (nSPS) is 14.4. The standard InChI is InChI=1S/C14H13F2N5O2S/c1-8-18-19-13(24-8)17-12(22)7-20-4-5-21(14(20)23)9-2-3-10(15)11(16)6-9/h2-3,6H,4-5,7H2,1H3,(H,17,19,22). The molecular weight excluding hydrogens is 340 g/mol. The highest BCUT2D eigenvalue weighted by Gasteiger charge is 2.31. The Morgan fingerprint density at radius 3 is 2.75 bits per heavy atom. The molecule has 1 aliphatic heterocycles. The Labute approximate surface area is 139 Å². The van der Waals surface area contributed by atoms with Crippen molar-refractivity contribution in [2.24, 2.45) is 0 Å². The molecule has 3 rings (SSSR count). The van der Waals surface area contributed by atoms with E-state index in [9.17, 15) is 18.4 Å². The second-order valence-electron chi connectivity index (χ2n) is 5.13. The molecule has 0 aliphatic carbocycles. The van der Waals surface area contributed by atoms with Crippen molar-refractivity contribution in [1.29, 1.82) is 0 Å². The monoisotopic (exact) mass is 353 g/mol. The molecule has 0 bridgehead atoms. The fraction of sp³-hybridized carbons (Fsp3) is 0.286. The number of aromatic nitrogens is 2. The molecule has 10 heteroatoms. The fourth-order valence-electron chi connectivity index (χ4n) is 2.30. The molecule has 7 nitrogen and oxygen atoms in total. The highest BCUT2D eigenvalue weighted by Crippen LogP contribution is 2.22. The molecular formula is C14H13F2N5O2S. The van der Waals surface area contributed by atoms with Crippen molar-refractivity contribution in [2.75, 3.05) is 29.9 Å². The van der Waals surface area contributed by atoms with Gasteiger partial charge in [0.1, 0.15) is 11.6 Å². The van der Waals surface area contributed by atoms with Gasteiger partial charge in [-0.3, -0.25) is 15.0 Å². The lowest BCUT2D eigenvalue weighted by Gasteiger charge is -2.18. The van der Waals surface area contributed by atoms with Gasteiger partial charge in [0.25, 0.3) is 0 Å². The maximum Gasteiger partial charge on any atom is 0.325 e. The summed E-state index contributed by atoms with van der Waals surface area (Å²) in [7, 11) is 0. The number of anilines is 2. The number of hydrogen-bond acceptors (Lipinski definition) is 5. The molecule has 126 valence electrons. The Morgan fingerprint density at radius 2 is 2.08 bits per heavy atom. The summed E-state index contributed by atoms with van der Waals surface area (Å²) in [5.41, 5.74) is 0.251. The average molecular weight is 353 g/mol. The first-order valence-corrected chi connectivity index (χ1v) is 7.87. The summed E-state index contributed by atoms with van der Waals surface area (Å²) in [6.07, 6.45) is 0. The summed E-state index contributed by atoms with van der Waals surface area (Å²) in [4.78, 5) is 26.9. The first-order valence-electron chi connectivity index (χ1n) is 7.05. The smallest absolute Gasteiger partial charge is 0.313 e. The van der Waals surface area contributed by atoms with Crippen LogP contribution in [0, 0.1) is 18.6 Å². The average Bonchev–Trinajstić information content (AvgIpc) is 3.09. The van der Waals surface area contributed by atoms with Gasteiger partial charge < -0.3 is 4.90 Å². The number of hydrogen-bond donors (Lipinski definition) is 1. The number of urea groups is 1. The van der Waals surface area contributed by atoms with E-state index in [1.807, 2.05) is 0 Å². The van der Waals surface area contributed by atoms with E-state index in [2.05, 4.69) is 15.5 Å². The van der Waals surface area contributed by atoms with Crippen LogP contribution in [0.15, 0.2) is 18.2 Å². The van der Waals surface area contributed by atoms with Crippen molar-refractivity contribution < 1.29 is 18.4 Å². The molecule has 0 saturated carbocycles. The summed E-state index contributed by atoms with van der Waals surface area (Å²) in [6.45, 7) is 2.20. The topological polar surface area (TPSA) is 78.4 Å². The zero-order chi connectivity index (χ0) is 17.3. The number of rotatable bonds is 4. The van der Waals surface area contributed by atoms with E-state index in [1.165, 1.54) is 27.2 Å². The quantitative estimate of drug-likeness (QED) is 0.912. The SMILES string of the molecule is Cc1nnc(NC(=O)CN2CCN(c3ccc(F)c(F)c3)C2=O)s1. The van der Waals surface area contributed by atoms with Crippen molar-refractivity contribution in [2.45, 2.75) is 6.92 Å². The van der Waals surface area contributed by atoms with Crippen LogP contribution in [0.2, 0.25) is 0 Å². The number of amides is 3. The van der Waals surface area contributed by atoms with Gasteiger partial charge >= 0.3 is 6.03 Å². The zero-order valence-electron chi connectivity index (χ0n) is 12.6. The molecule has 1 aromatic heterocycles. The molecule has 1 aromatic carbocycles. The molecule has 0 unspecified atom stereocenters. The molecule has 24 heavy (non-hydrogen) atoms. The van der Waals surface area contributed by atoms with E-state index >= 15 is 0 Å². The van der Waals surface area contributed by atoms with E-state index in [1.54, 1.807) is 6.92 Å². The van der Waals surface area contributed by atoms with Gasteiger partial charge in [-0.15, -0.1) is 10.2 Å². The molecule has 1 fully saturated rings. The Balaban J connectivity index is 1.63. The number of halogens is 2. The molecule has 0 atom stereocenters. The number of aryl methyl sites for hydroxylation is 1. The number of carbonyl (C=O) groups is 2. The van der Waals surface area contributed by atoms with E-state index < -0.39 is 23.6 Å². The Kier molecular flexibility index (Phi) is 4.38. The van der Waals surface area contributed by atoms with E-state index in [0.29, 0.717) is 16.7 Å². The third-order valence-corrected chi connectivity index (χ3v) is 4.17. The van der Waals surface area contributed by atoms with Gasteiger partial charge in [0.2, 0.25) is 11.0 Å². The molecule has 1 saturated heterocycles. The van der Waals surface area contributed by atoms with E-state index in [0.717, 1.165) is 12.1 Å².